The summed E-state index contributed by atoms with van der Waals surface area (Å²) in [7, 11) is 0. The highest BCUT2D eigenvalue weighted by molar-refractivity contribution is 6.42. The number of benzene rings is 1. The Morgan fingerprint density at radius 2 is 2.13 bits per heavy atom. The minimum Gasteiger partial charge on any atom is -0.481 e. The van der Waals surface area contributed by atoms with Crippen LogP contribution in [0.4, 0.5) is 0 Å². The van der Waals surface area contributed by atoms with Crippen molar-refractivity contribution in [3.8, 4) is 6.07 Å². The van der Waals surface area contributed by atoms with Crippen LogP contribution >= 0.6 is 23.2 Å². The van der Waals surface area contributed by atoms with E-state index in [1.54, 1.807) is 0 Å². The number of rotatable bonds is 2. The number of carbonyl (C=O) groups is 1. The first-order chi connectivity index (χ1) is 6.99. The molecule has 1 atom stereocenters. The zero-order valence-corrected chi connectivity index (χ0v) is 9.30. The van der Waals surface area contributed by atoms with E-state index in [4.69, 9.17) is 33.6 Å². The molecule has 0 radical (unpaired) electrons. The smallest absolute Gasteiger partial charge is 0.310 e. The molecule has 0 aliphatic rings. The molecule has 78 valence electrons. The van der Waals surface area contributed by atoms with Crippen molar-refractivity contribution in [2.24, 2.45) is 0 Å². The van der Waals surface area contributed by atoms with Crippen molar-refractivity contribution in [1.29, 1.82) is 5.26 Å². The number of carboxylic acid groups (broad SMARTS) is 1. The SMILES string of the molecule is CC(C(=O)O)c1ccc(Cl)c(Cl)c1C#N. The molecule has 0 spiro atoms. The molecule has 1 aromatic carbocycles. The summed E-state index contributed by atoms with van der Waals surface area (Å²) in [5.41, 5.74) is 0.499. The quantitative estimate of drug-likeness (QED) is 0.869. The Bertz CT molecular complexity index is 451. The number of aliphatic carboxylic acids is 1. The van der Waals surface area contributed by atoms with Crippen molar-refractivity contribution in [1.82, 2.24) is 0 Å². The number of nitriles is 1. The van der Waals surface area contributed by atoms with Gasteiger partial charge < -0.3 is 5.11 Å². The van der Waals surface area contributed by atoms with Crippen LogP contribution in [-0.4, -0.2) is 11.1 Å². The van der Waals surface area contributed by atoms with Crippen LogP contribution < -0.4 is 0 Å². The van der Waals surface area contributed by atoms with E-state index in [0.29, 0.717) is 5.56 Å². The number of hydrogen-bond acceptors (Lipinski definition) is 2. The Balaban J connectivity index is 3.39. The van der Waals surface area contributed by atoms with Crippen molar-refractivity contribution < 1.29 is 9.90 Å². The summed E-state index contributed by atoms with van der Waals surface area (Å²) >= 11 is 11.5. The molecule has 0 bridgehead atoms. The van der Waals surface area contributed by atoms with Gasteiger partial charge in [-0.15, -0.1) is 0 Å². The van der Waals surface area contributed by atoms with E-state index in [1.165, 1.54) is 19.1 Å². The van der Waals surface area contributed by atoms with Crippen LogP contribution in [0.25, 0.3) is 0 Å². The van der Waals surface area contributed by atoms with Gasteiger partial charge in [-0.05, 0) is 18.6 Å². The molecular formula is C10H7Cl2NO2. The number of halogens is 2. The summed E-state index contributed by atoms with van der Waals surface area (Å²) in [4.78, 5) is 10.8. The highest BCUT2D eigenvalue weighted by atomic mass is 35.5. The van der Waals surface area contributed by atoms with Gasteiger partial charge in [0.25, 0.3) is 0 Å². The second-order valence-electron chi connectivity index (χ2n) is 3.00. The van der Waals surface area contributed by atoms with E-state index in [1.807, 2.05) is 6.07 Å². The van der Waals surface area contributed by atoms with Gasteiger partial charge in [-0.1, -0.05) is 29.3 Å². The standard InChI is InChI=1S/C10H7Cl2NO2/c1-5(10(14)15)6-2-3-8(11)9(12)7(6)4-13/h2-3,5H,1H3,(H,14,15). The third-order valence-corrected chi connectivity index (χ3v) is 2.88. The lowest BCUT2D eigenvalue weighted by Gasteiger charge is -2.10. The van der Waals surface area contributed by atoms with Crippen LogP contribution in [0.3, 0.4) is 0 Å². The minimum atomic E-state index is -1.01. The lowest BCUT2D eigenvalue weighted by Crippen LogP contribution is -2.09. The van der Waals surface area contributed by atoms with Crippen molar-refractivity contribution in [3.05, 3.63) is 33.3 Å². The van der Waals surface area contributed by atoms with E-state index >= 15 is 0 Å². The summed E-state index contributed by atoms with van der Waals surface area (Å²) in [5.74, 6) is -1.79. The lowest BCUT2D eigenvalue weighted by atomic mass is 9.96. The number of hydrogen-bond donors (Lipinski definition) is 1. The fraction of sp³-hybridized carbons (Fsp3) is 0.200. The molecular weight excluding hydrogens is 237 g/mol. The molecule has 1 unspecified atom stereocenters. The van der Waals surface area contributed by atoms with Crippen molar-refractivity contribution in [3.63, 3.8) is 0 Å². The zero-order valence-electron chi connectivity index (χ0n) is 7.79. The first kappa shape index (κ1) is 11.8. The first-order valence-corrected chi connectivity index (χ1v) is 4.85. The van der Waals surface area contributed by atoms with Gasteiger partial charge in [-0.3, -0.25) is 4.79 Å². The molecule has 0 aliphatic heterocycles. The van der Waals surface area contributed by atoms with Gasteiger partial charge in [0, 0.05) is 0 Å². The molecule has 0 saturated heterocycles. The molecule has 0 saturated carbocycles. The van der Waals surface area contributed by atoms with Crippen molar-refractivity contribution in [2.75, 3.05) is 0 Å². The molecule has 0 amide bonds. The van der Waals surface area contributed by atoms with Crippen LogP contribution in [0.2, 0.25) is 10.0 Å². The van der Waals surface area contributed by atoms with E-state index in [0.717, 1.165) is 0 Å². The topological polar surface area (TPSA) is 61.1 Å². The Labute approximate surface area is 96.8 Å². The molecule has 0 fully saturated rings. The zero-order chi connectivity index (χ0) is 11.6. The fourth-order valence-electron chi connectivity index (χ4n) is 1.17. The molecule has 5 heteroatoms. The largest absolute Gasteiger partial charge is 0.481 e. The highest BCUT2D eigenvalue weighted by Gasteiger charge is 2.20. The summed E-state index contributed by atoms with van der Waals surface area (Å²) in [5, 5.41) is 18.0. The molecule has 0 heterocycles. The highest BCUT2D eigenvalue weighted by Crippen LogP contribution is 2.31. The van der Waals surface area contributed by atoms with Gasteiger partial charge in [0.15, 0.2) is 0 Å². The molecule has 0 aliphatic carbocycles. The molecule has 1 aromatic rings. The fourth-order valence-corrected chi connectivity index (χ4v) is 1.54. The lowest BCUT2D eigenvalue weighted by molar-refractivity contribution is -0.138. The number of nitrogens with zero attached hydrogens (tertiary/aromatic N) is 1. The van der Waals surface area contributed by atoms with Gasteiger partial charge in [0.2, 0.25) is 0 Å². The normalized spacial score (nSPS) is 11.9. The van der Waals surface area contributed by atoms with Gasteiger partial charge in [-0.2, -0.15) is 5.26 Å². The Hall–Kier alpha value is -1.24. The van der Waals surface area contributed by atoms with Gasteiger partial charge >= 0.3 is 5.97 Å². The third kappa shape index (κ3) is 2.23. The predicted molar refractivity (Wildman–Crippen MR) is 57.2 cm³/mol. The van der Waals surface area contributed by atoms with Crippen molar-refractivity contribution >= 4 is 29.2 Å². The monoisotopic (exact) mass is 243 g/mol. The minimum absolute atomic E-state index is 0.102. The second kappa shape index (κ2) is 4.52. The van der Waals surface area contributed by atoms with Gasteiger partial charge in [-0.25, -0.2) is 0 Å². The van der Waals surface area contributed by atoms with E-state index in [-0.39, 0.29) is 15.6 Å². The van der Waals surface area contributed by atoms with Crippen molar-refractivity contribution in [2.45, 2.75) is 12.8 Å². The van der Waals surface area contributed by atoms with E-state index < -0.39 is 11.9 Å². The maximum absolute atomic E-state index is 10.8. The Morgan fingerprint density at radius 3 is 2.60 bits per heavy atom. The summed E-state index contributed by atoms with van der Waals surface area (Å²) in [6.07, 6.45) is 0. The maximum atomic E-state index is 10.8. The van der Waals surface area contributed by atoms with E-state index in [2.05, 4.69) is 0 Å². The van der Waals surface area contributed by atoms with Crippen LogP contribution in [0.15, 0.2) is 12.1 Å². The maximum Gasteiger partial charge on any atom is 0.310 e. The predicted octanol–water partition coefficient (Wildman–Crippen LogP) is 3.05. The van der Waals surface area contributed by atoms with Gasteiger partial charge in [0.05, 0.1) is 21.5 Å². The van der Waals surface area contributed by atoms with Crippen LogP contribution in [-0.2, 0) is 4.79 Å². The summed E-state index contributed by atoms with van der Waals surface area (Å²) in [6.45, 7) is 1.49. The van der Waals surface area contributed by atoms with Crippen LogP contribution in [0.5, 0.6) is 0 Å². The van der Waals surface area contributed by atoms with E-state index in [9.17, 15) is 4.79 Å². The average molecular weight is 244 g/mol. The molecule has 15 heavy (non-hydrogen) atoms. The third-order valence-electron chi connectivity index (χ3n) is 2.08. The van der Waals surface area contributed by atoms with Crippen LogP contribution in [0.1, 0.15) is 24.0 Å². The molecule has 1 rings (SSSR count). The second-order valence-corrected chi connectivity index (χ2v) is 3.78. The number of carboxylic acids is 1. The molecule has 1 N–H and O–H groups in total. The van der Waals surface area contributed by atoms with Crippen LogP contribution in [0, 0.1) is 11.3 Å². The molecule has 0 aromatic heterocycles. The molecule has 3 nitrogen and oxygen atoms in total. The first-order valence-electron chi connectivity index (χ1n) is 4.09. The Morgan fingerprint density at radius 1 is 1.53 bits per heavy atom. The average Bonchev–Trinajstić information content (AvgIpc) is 2.20. The summed E-state index contributed by atoms with van der Waals surface area (Å²) < 4.78 is 0. The van der Waals surface area contributed by atoms with Gasteiger partial charge in [0.1, 0.15) is 6.07 Å². The Kier molecular flexibility index (Phi) is 3.57. The summed E-state index contributed by atoms with van der Waals surface area (Å²) in [6, 6.07) is 4.85.